The third kappa shape index (κ3) is 4.25. The Morgan fingerprint density at radius 1 is 1.30 bits per heavy atom. The predicted octanol–water partition coefficient (Wildman–Crippen LogP) is 4.43. The minimum absolute atomic E-state index is 0.254. The van der Waals surface area contributed by atoms with Gasteiger partial charge in [-0.3, -0.25) is 0 Å². The number of aryl methyl sites for hydroxylation is 1. The summed E-state index contributed by atoms with van der Waals surface area (Å²) >= 11 is 12.2. The van der Waals surface area contributed by atoms with Gasteiger partial charge in [0.25, 0.3) is 0 Å². The lowest BCUT2D eigenvalue weighted by atomic mass is 10.2. The number of nitrogens with one attached hydrogen (secondary N) is 2. The first kappa shape index (κ1) is 16.3. The van der Waals surface area contributed by atoms with E-state index in [4.69, 9.17) is 27.9 Å². The van der Waals surface area contributed by atoms with Crippen LogP contribution in [0.1, 0.15) is 18.5 Å². The van der Waals surface area contributed by atoms with E-state index in [1.807, 2.05) is 25.1 Å². The van der Waals surface area contributed by atoms with Crippen LogP contribution in [0.5, 0.6) is 0 Å². The summed E-state index contributed by atoms with van der Waals surface area (Å²) in [5.74, 6) is 1.23. The average Bonchev–Trinajstić information content (AvgIpc) is 3.03. The number of halogens is 2. The normalized spacial score (nSPS) is 17.3. The fourth-order valence-corrected chi connectivity index (χ4v) is 2.81. The van der Waals surface area contributed by atoms with Crippen molar-refractivity contribution in [2.24, 2.45) is 0 Å². The SMILES string of the molecule is Cc1cc(NCC2CCCO2)nc(Nc2cccc(Cl)c2Cl)n1. The summed E-state index contributed by atoms with van der Waals surface area (Å²) in [7, 11) is 0. The number of aromatic nitrogens is 2. The molecule has 0 amide bonds. The molecule has 0 radical (unpaired) electrons. The summed E-state index contributed by atoms with van der Waals surface area (Å²) in [6.07, 6.45) is 2.46. The van der Waals surface area contributed by atoms with Gasteiger partial charge in [0.1, 0.15) is 5.82 Å². The van der Waals surface area contributed by atoms with Gasteiger partial charge in [-0.05, 0) is 31.9 Å². The second kappa shape index (κ2) is 7.34. The largest absolute Gasteiger partial charge is 0.376 e. The molecule has 0 saturated carbocycles. The van der Waals surface area contributed by atoms with Crippen molar-refractivity contribution in [2.75, 3.05) is 23.8 Å². The molecule has 1 atom stereocenters. The molecule has 1 aromatic carbocycles. The molecule has 1 saturated heterocycles. The van der Waals surface area contributed by atoms with E-state index in [0.717, 1.165) is 37.5 Å². The van der Waals surface area contributed by atoms with Crippen molar-refractivity contribution >= 4 is 40.7 Å². The summed E-state index contributed by atoms with van der Waals surface area (Å²) in [5, 5.41) is 7.36. The number of anilines is 3. The van der Waals surface area contributed by atoms with E-state index >= 15 is 0 Å². The molecule has 2 N–H and O–H groups in total. The number of benzene rings is 1. The van der Waals surface area contributed by atoms with Crippen LogP contribution in [-0.2, 0) is 4.74 Å². The van der Waals surface area contributed by atoms with Crippen LogP contribution in [0.25, 0.3) is 0 Å². The quantitative estimate of drug-likeness (QED) is 0.833. The smallest absolute Gasteiger partial charge is 0.229 e. The second-order valence-electron chi connectivity index (χ2n) is 5.46. The number of hydrogen-bond acceptors (Lipinski definition) is 5. The fraction of sp³-hybridized carbons (Fsp3) is 0.375. The Labute approximate surface area is 145 Å². The summed E-state index contributed by atoms with van der Waals surface area (Å²) in [6, 6.07) is 7.29. The van der Waals surface area contributed by atoms with E-state index in [9.17, 15) is 0 Å². The Balaban J connectivity index is 1.73. The minimum atomic E-state index is 0.254. The standard InChI is InChI=1S/C16H18Cl2N4O/c1-10-8-14(19-9-11-4-3-7-23-11)22-16(20-10)21-13-6-2-5-12(17)15(13)18/h2,5-6,8,11H,3-4,7,9H2,1H3,(H2,19,20,21,22). The maximum atomic E-state index is 6.19. The van der Waals surface area contributed by atoms with E-state index in [0.29, 0.717) is 21.7 Å². The zero-order chi connectivity index (χ0) is 16.2. The molecule has 7 heteroatoms. The van der Waals surface area contributed by atoms with Crippen molar-refractivity contribution in [3.8, 4) is 0 Å². The van der Waals surface area contributed by atoms with Gasteiger partial charge >= 0.3 is 0 Å². The Bertz CT molecular complexity index is 690. The maximum Gasteiger partial charge on any atom is 0.229 e. The van der Waals surface area contributed by atoms with E-state index < -0.39 is 0 Å². The molecule has 2 heterocycles. The monoisotopic (exact) mass is 352 g/mol. The second-order valence-corrected chi connectivity index (χ2v) is 6.25. The van der Waals surface area contributed by atoms with Crippen LogP contribution in [0.4, 0.5) is 17.5 Å². The first-order valence-corrected chi connectivity index (χ1v) is 8.29. The molecule has 1 aromatic heterocycles. The summed E-state index contributed by atoms with van der Waals surface area (Å²) in [5.41, 5.74) is 1.53. The van der Waals surface area contributed by atoms with E-state index in [2.05, 4.69) is 20.6 Å². The number of hydrogen-bond donors (Lipinski definition) is 2. The van der Waals surface area contributed by atoms with Crippen LogP contribution < -0.4 is 10.6 Å². The molecule has 2 aromatic rings. The van der Waals surface area contributed by atoms with Crippen molar-refractivity contribution in [1.82, 2.24) is 9.97 Å². The Morgan fingerprint density at radius 3 is 2.96 bits per heavy atom. The molecule has 1 fully saturated rings. The third-order valence-electron chi connectivity index (χ3n) is 3.59. The van der Waals surface area contributed by atoms with Gasteiger partial charge in [0.05, 0.1) is 21.8 Å². The topological polar surface area (TPSA) is 59.1 Å². The number of ether oxygens (including phenoxy) is 1. The lowest BCUT2D eigenvalue weighted by Gasteiger charge is -2.13. The first-order valence-electron chi connectivity index (χ1n) is 7.54. The van der Waals surface area contributed by atoms with Gasteiger partial charge in [0.15, 0.2) is 0 Å². The van der Waals surface area contributed by atoms with Crippen molar-refractivity contribution in [3.05, 3.63) is 40.0 Å². The number of nitrogens with zero attached hydrogens (tertiary/aromatic N) is 2. The van der Waals surface area contributed by atoms with Gasteiger partial charge in [-0.15, -0.1) is 0 Å². The van der Waals surface area contributed by atoms with Crippen LogP contribution in [0.15, 0.2) is 24.3 Å². The van der Waals surface area contributed by atoms with Gasteiger partial charge in [-0.1, -0.05) is 29.3 Å². The van der Waals surface area contributed by atoms with Gasteiger partial charge < -0.3 is 15.4 Å². The molecule has 3 rings (SSSR count). The van der Waals surface area contributed by atoms with Gasteiger partial charge in [-0.2, -0.15) is 4.98 Å². The molecular weight excluding hydrogens is 335 g/mol. The zero-order valence-corrected chi connectivity index (χ0v) is 14.3. The molecule has 122 valence electrons. The first-order chi connectivity index (χ1) is 11.1. The molecular formula is C16H18Cl2N4O. The van der Waals surface area contributed by atoms with E-state index in [1.165, 1.54) is 0 Å². The van der Waals surface area contributed by atoms with Crippen molar-refractivity contribution in [3.63, 3.8) is 0 Å². The zero-order valence-electron chi connectivity index (χ0n) is 12.8. The van der Waals surface area contributed by atoms with Crippen LogP contribution >= 0.6 is 23.2 Å². The highest BCUT2D eigenvalue weighted by atomic mass is 35.5. The highest BCUT2D eigenvalue weighted by Crippen LogP contribution is 2.31. The minimum Gasteiger partial charge on any atom is -0.376 e. The average molecular weight is 353 g/mol. The summed E-state index contributed by atoms with van der Waals surface area (Å²) < 4.78 is 5.61. The summed E-state index contributed by atoms with van der Waals surface area (Å²) in [4.78, 5) is 8.85. The maximum absolute atomic E-state index is 6.19. The van der Waals surface area contributed by atoms with Crippen LogP contribution in [0.3, 0.4) is 0 Å². The molecule has 5 nitrogen and oxygen atoms in total. The van der Waals surface area contributed by atoms with Gasteiger partial charge in [0.2, 0.25) is 5.95 Å². The van der Waals surface area contributed by atoms with E-state index in [-0.39, 0.29) is 6.10 Å². The van der Waals surface area contributed by atoms with Crippen molar-refractivity contribution in [1.29, 1.82) is 0 Å². The Morgan fingerprint density at radius 2 is 2.17 bits per heavy atom. The van der Waals surface area contributed by atoms with Crippen LogP contribution in [0, 0.1) is 6.92 Å². The molecule has 1 unspecified atom stereocenters. The molecule has 23 heavy (non-hydrogen) atoms. The Hall–Kier alpha value is -1.56. The van der Waals surface area contributed by atoms with Crippen molar-refractivity contribution in [2.45, 2.75) is 25.9 Å². The highest BCUT2D eigenvalue weighted by molar-refractivity contribution is 6.43. The molecule has 0 aliphatic carbocycles. The fourth-order valence-electron chi connectivity index (χ4n) is 2.46. The molecule has 1 aliphatic heterocycles. The lowest BCUT2D eigenvalue weighted by molar-refractivity contribution is 0.120. The highest BCUT2D eigenvalue weighted by Gasteiger charge is 2.15. The van der Waals surface area contributed by atoms with Crippen molar-refractivity contribution < 1.29 is 4.74 Å². The van der Waals surface area contributed by atoms with Crippen LogP contribution in [-0.4, -0.2) is 29.2 Å². The lowest BCUT2D eigenvalue weighted by Crippen LogP contribution is -2.19. The molecule has 1 aliphatic rings. The third-order valence-corrected chi connectivity index (χ3v) is 4.41. The van der Waals surface area contributed by atoms with Gasteiger partial charge in [-0.25, -0.2) is 4.98 Å². The summed E-state index contributed by atoms with van der Waals surface area (Å²) in [6.45, 7) is 3.51. The van der Waals surface area contributed by atoms with Crippen LogP contribution in [0.2, 0.25) is 10.0 Å². The number of rotatable bonds is 5. The molecule has 0 bridgehead atoms. The predicted molar refractivity (Wildman–Crippen MR) is 94.0 cm³/mol. The Kier molecular flexibility index (Phi) is 5.20. The van der Waals surface area contributed by atoms with Gasteiger partial charge in [0, 0.05) is 24.9 Å². The van der Waals surface area contributed by atoms with E-state index in [1.54, 1.807) is 6.07 Å². The molecule has 0 spiro atoms.